The average molecular weight is 274 g/mol. The monoisotopic (exact) mass is 274 g/mol. The number of amides is 1. The topological polar surface area (TPSA) is 62.6 Å². The number of methoxy groups -OCH3 is 1. The number of hydrogen-bond donors (Lipinski definition) is 0. The van der Waals surface area contributed by atoms with Crippen LogP contribution in [0.15, 0.2) is 30.3 Å². The first-order valence-electron chi connectivity index (χ1n) is 6.60. The Morgan fingerprint density at radius 1 is 1.45 bits per heavy atom. The van der Waals surface area contributed by atoms with Crippen LogP contribution in [0.5, 0.6) is 0 Å². The van der Waals surface area contributed by atoms with Gasteiger partial charge in [0, 0.05) is 13.7 Å². The van der Waals surface area contributed by atoms with Crippen molar-refractivity contribution in [3.8, 4) is 6.07 Å². The molecule has 1 fully saturated rings. The lowest BCUT2D eigenvalue weighted by atomic mass is 10.1. The number of ether oxygens (including phenoxy) is 2. The van der Waals surface area contributed by atoms with E-state index in [4.69, 9.17) is 14.7 Å². The van der Waals surface area contributed by atoms with Crippen molar-refractivity contribution in [3.05, 3.63) is 35.9 Å². The van der Waals surface area contributed by atoms with Crippen LogP contribution >= 0.6 is 0 Å². The van der Waals surface area contributed by atoms with Gasteiger partial charge in [-0.05, 0) is 12.0 Å². The molecule has 5 nitrogen and oxygen atoms in total. The highest BCUT2D eigenvalue weighted by molar-refractivity contribution is 5.68. The maximum absolute atomic E-state index is 12.1. The van der Waals surface area contributed by atoms with E-state index in [1.165, 1.54) is 0 Å². The minimum absolute atomic E-state index is 0.0760. The van der Waals surface area contributed by atoms with Crippen molar-refractivity contribution in [1.82, 2.24) is 4.90 Å². The Kier molecular flexibility index (Phi) is 4.97. The van der Waals surface area contributed by atoms with Gasteiger partial charge in [0.25, 0.3) is 0 Å². The first kappa shape index (κ1) is 14.4. The van der Waals surface area contributed by atoms with Crippen molar-refractivity contribution in [2.45, 2.75) is 19.1 Å². The van der Waals surface area contributed by atoms with Crippen molar-refractivity contribution in [2.24, 2.45) is 5.92 Å². The smallest absolute Gasteiger partial charge is 0.410 e. The van der Waals surface area contributed by atoms with Crippen molar-refractivity contribution >= 4 is 6.09 Å². The average Bonchev–Trinajstić information content (AvgIpc) is 2.89. The van der Waals surface area contributed by atoms with Crippen LogP contribution in [-0.2, 0) is 16.1 Å². The minimum atomic E-state index is -0.381. The van der Waals surface area contributed by atoms with E-state index < -0.39 is 0 Å². The van der Waals surface area contributed by atoms with Gasteiger partial charge >= 0.3 is 6.09 Å². The molecule has 5 heteroatoms. The summed E-state index contributed by atoms with van der Waals surface area (Å²) in [6.07, 6.45) is 0.263. The van der Waals surface area contributed by atoms with Crippen LogP contribution in [0.1, 0.15) is 12.0 Å². The predicted molar refractivity (Wildman–Crippen MR) is 72.7 cm³/mol. The molecular formula is C15H18N2O3. The standard InChI is InChI=1S/C15H18N2O3/c1-19-11-14-7-13(8-16)9-17(14)15(18)20-10-12-5-3-2-4-6-12/h2-6,13-14H,7,9-11H2,1H3/t13?,14-/m0/s1. The highest BCUT2D eigenvalue weighted by atomic mass is 16.6. The highest BCUT2D eigenvalue weighted by Gasteiger charge is 2.36. The Bertz CT molecular complexity index is 484. The van der Waals surface area contributed by atoms with Crippen molar-refractivity contribution in [1.29, 1.82) is 5.26 Å². The Labute approximate surface area is 118 Å². The summed E-state index contributed by atoms with van der Waals surface area (Å²) in [4.78, 5) is 13.7. The van der Waals surface area contributed by atoms with E-state index in [1.54, 1.807) is 12.0 Å². The molecule has 0 radical (unpaired) electrons. The van der Waals surface area contributed by atoms with Gasteiger partial charge in [-0.15, -0.1) is 0 Å². The summed E-state index contributed by atoms with van der Waals surface area (Å²) in [5, 5.41) is 8.99. The van der Waals surface area contributed by atoms with Gasteiger partial charge in [0.05, 0.1) is 24.6 Å². The highest BCUT2D eigenvalue weighted by Crippen LogP contribution is 2.24. The second-order valence-corrected chi connectivity index (χ2v) is 4.86. The first-order chi connectivity index (χ1) is 9.74. The maximum Gasteiger partial charge on any atom is 0.410 e. The number of benzene rings is 1. The lowest BCUT2D eigenvalue weighted by Crippen LogP contribution is -2.38. The van der Waals surface area contributed by atoms with Gasteiger partial charge in [0.1, 0.15) is 6.61 Å². The van der Waals surface area contributed by atoms with Crippen LogP contribution in [0, 0.1) is 17.2 Å². The molecule has 0 N–H and O–H groups in total. The van der Waals surface area contributed by atoms with E-state index in [9.17, 15) is 4.79 Å². The molecule has 1 amide bonds. The summed E-state index contributed by atoms with van der Waals surface area (Å²) >= 11 is 0. The van der Waals surface area contributed by atoms with Crippen LogP contribution in [0.3, 0.4) is 0 Å². The van der Waals surface area contributed by atoms with Gasteiger partial charge in [-0.2, -0.15) is 5.26 Å². The molecule has 106 valence electrons. The number of rotatable bonds is 4. The van der Waals surface area contributed by atoms with Crippen LogP contribution in [0.4, 0.5) is 4.79 Å². The molecule has 1 aromatic rings. The van der Waals surface area contributed by atoms with Gasteiger partial charge < -0.3 is 14.4 Å². The molecule has 1 aromatic carbocycles. The summed E-state index contributed by atoms with van der Waals surface area (Å²) in [6, 6.07) is 11.7. The molecule has 2 rings (SSSR count). The third-order valence-corrected chi connectivity index (χ3v) is 3.40. The van der Waals surface area contributed by atoms with Crippen LogP contribution in [0.2, 0.25) is 0 Å². The minimum Gasteiger partial charge on any atom is -0.445 e. The van der Waals surface area contributed by atoms with E-state index >= 15 is 0 Å². The molecule has 20 heavy (non-hydrogen) atoms. The third kappa shape index (κ3) is 3.49. The van der Waals surface area contributed by atoms with Crippen molar-refractivity contribution in [3.63, 3.8) is 0 Å². The Balaban J connectivity index is 1.92. The number of nitrogens with zero attached hydrogens (tertiary/aromatic N) is 2. The number of carbonyl (C=O) groups excluding carboxylic acids is 1. The van der Waals surface area contributed by atoms with Gasteiger partial charge in [0.2, 0.25) is 0 Å². The third-order valence-electron chi connectivity index (χ3n) is 3.40. The molecule has 1 aliphatic heterocycles. The molecule has 0 spiro atoms. The fraction of sp³-hybridized carbons (Fsp3) is 0.467. The number of likely N-dealkylation sites (tertiary alicyclic amines) is 1. The summed E-state index contributed by atoms with van der Waals surface area (Å²) in [5.41, 5.74) is 0.945. The van der Waals surface area contributed by atoms with Crippen LogP contribution in [-0.4, -0.2) is 37.3 Å². The first-order valence-corrected chi connectivity index (χ1v) is 6.60. The molecule has 0 aromatic heterocycles. The SMILES string of the molecule is COC[C@@H]1CC(C#N)CN1C(=O)OCc1ccccc1. The van der Waals surface area contributed by atoms with Crippen LogP contribution < -0.4 is 0 Å². The van der Waals surface area contributed by atoms with E-state index in [0.29, 0.717) is 19.6 Å². The molecule has 1 heterocycles. The zero-order valence-electron chi connectivity index (χ0n) is 11.5. The molecule has 1 saturated heterocycles. The normalized spacial score (nSPS) is 21.5. The fourth-order valence-electron chi connectivity index (χ4n) is 2.39. The molecule has 0 saturated carbocycles. The molecule has 1 aliphatic rings. The van der Waals surface area contributed by atoms with Gasteiger partial charge in [-0.25, -0.2) is 4.79 Å². The second-order valence-electron chi connectivity index (χ2n) is 4.86. The Hall–Kier alpha value is -2.06. The van der Waals surface area contributed by atoms with E-state index in [0.717, 1.165) is 5.56 Å². The van der Waals surface area contributed by atoms with Gasteiger partial charge in [-0.1, -0.05) is 30.3 Å². The zero-order chi connectivity index (χ0) is 14.4. The maximum atomic E-state index is 12.1. The predicted octanol–water partition coefficient (Wildman–Crippen LogP) is 2.18. The van der Waals surface area contributed by atoms with Crippen LogP contribution in [0.25, 0.3) is 0 Å². The molecule has 0 aliphatic carbocycles. The number of carbonyl (C=O) groups is 1. The molecule has 0 bridgehead atoms. The quantitative estimate of drug-likeness (QED) is 0.844. The van der Waals surface area contributed by atoms with E-state index in [2.05, 4.69) is 6.07 Å². The molecule has 1 unspecified atom stereocenters. The van der Waals surface area contributed by atoms with Crippen molar-refractivity contribution in [2.75, 3.05) is 20.3 Å². The summed E-state index contributed by atoms with van der Waals surface area (Å²) in [6.45, 7) is 1.09. The van der Waals surface area contributed by atoms with Crippen molar-refractivity contribution < 1.29 is 14.3 Å². The second kappa shape index (κ2) is 6.92. The summed E-state index contributed by atoms with van der Waals surface area (Å²) < 4.78 is 10.4. The number of hydrogen-bond acceptors (Lipinski definition) is 4. The number of nitriles is 1. The van der Waals surface area contributed by atoms with Gasteiger partial charge in [-0.3, -0.25) is 0 Å². The fourth-order valence-corrected chi connectivity index (χ4v) is 2.39. The van der Waals surface area contributed by atoms with Gasteiger partial charge in [0.15, 0.2) is 0 Å². The lowest BCUT2D eigenvalue weighted by Gasteiger charge is -2.23. The zero-order valence-corrected chi connectivity index (χ0v) is 11.5. The largest absolute Gasteiger partial charge is 0.445 e. The Morgan fingerprint density at radius 2 is 2.20 bits per heavy atom. The lowest BCUT2D eigenvalue weighted by molar-refractivity contribution is 0.0699. The summed E-state index contributed by atoms with van der Waals surface area (Å²) in [7, 11) is 1.59. The summed E-state index contributed by atoms with van der Waals surface area (Å²) in [5.74, 6) is -0.139. The Morgan fingerprint density at radius 3 is 2.85 bits per heavy atom. The molecular weight excluding hydrogens is 256 g/mol. The molecule has 2 atom stereocenters. The van der Waals surface area contributed by atoms with E-state index in [-0.39, 0.29) is 24.7 Å². The van der Waals surface area contributed by atoms with E-state index in [1.807, 2.05) is 30.3 Å².